The molecule has 0 radical (unpaired) electrons. The third-order valence-electron chi connectivity index (χ3n) is 8.02. The molecule has 1 fully saturated rings. The van der Waals surface area contributed by atoms with Crippen molar-refractivity contribution in [2.24, 2.45) is 5.16 Å². The third-order valence-corrected chi connectivity index (χ3v) is 8.32. The fourth-order valence-electron chi connectivity index (χ4n) is 5.63. The van der Waals surface area contributed by atoms with Crippen LogP contribution in [0, 0.1) is 5.82 Å². The zero-order valence-electron chi connectivity index (χ0n) is 24.6. The normalized spacial score (nSPS) is 15.8. The molecule has 1 saturated heterocycles. The molecule has 0 bridgehead atoms. The Balaban J connectivity index is 1.05. The number of aromatic nitrogens is 3. The van der Waals surface area contributed by atoms with Gasteiger partial charge in [-0.1, -0.05) is 28.9 Å². The Labute approximate surface area is 265 Å². The van der Waals surface area contributed by atoms with Gasteiger partial charge in [0.15, 0.2) is 0 Å². The molecule has 1 aliphatic heterocycles. The summed E-state index contributed by atoms with van der Waals surface area (Å²) in [5.74, 6) is 0.857. The van der Waals surface area contributed by atoms with Gasteiger partial charge in [0.1, 0.15) is 36.9 Å². The number of hydrogen-bond donors (Lipinski definition) is 1. The molecule has 3 heterocycles. The van der Waals surface area contributed by atoms with Crippen LogP contribution in [0.3, 0.4) is 0 Å². The van der Waals surface area contributed by atoms with E-state index in [-0.39, 0.29) is 12.4 Å². The van der Waals surface area contributed by atoms with Crippen molar-refractivity contribution >= 4 is 39.7 Å². The molecular formula is C34H32ClFN6O3. The minimum absolute atomic E-state index is 0.210. The van der Waals surface area contributed by atoms with E-state index in [0.717, 1.165) is 84.8 Å². The summed E-state index contributed by atoms with van der Waals surface area (Å²) in [6, 6.07) is 17.8. The summed E-state index contributed by atoms with van der Waals surface area (Å²) in [4.78, 5) is 17.0. The van der Waals surface area contributed by atoms with Gasteiger partial charge in [0.05, 0.1) is 29.5 Å². The molecule has 1 aliphatic carbocycles. The number of rotatable bonds is 10. The summed E-state index contributed by atoms with van der Waals surface area (Å²) in [6.07, 6.45) is 7.62. The number of nitrogens with zero attached hydrogens (tertiary/aromatic N) is 5. The van der Waals surface area contributed by atoms with Crippen LogP contribution in [0.15, 0.2) is 84.5 Å². The molecule has 0 atom stereocenters. The predicted octanol–water partition coefficient (Wildman–Crippen LogP) is 6.53. The summed E-state index contributed by atoms with van der Waals surface area (Å²) in [5.41, 5.74) is 6.63. The molecule has 230 valence electrons. The van der Waals surface area contributed by atoms with Crippen LogP contribution in [-0.4, -0.2) is 64.6 Å². The predicted molar refractivity (Wildman–Crippen MR) is 172 cm³/mol. The molecule has 3 aromatic carbocycles. The molecule has 1 N–H and O–H groups in total. The monoisotopic (exact) mass is 626 g/mol. The zero-order chi connectivity index (χ0) is 30.6. The molecule has 0 unspecified atom stereocenters. The van der Waals surface area contributed by atoms with Crippen LogP contribution < -0.4 is 10.1 Å². The van der Waals surface area contributed by atoms with Gasteiger partial charge in [0.2, 0.25) is 0 Å². The van der Waals surface area contributed by atoms with Crippen molar-refractivity contribution in [3.05, 3.63) is 107 Å². The van der Waals surface area contributed by atoms with Crippen LogP contribution in [0.1, 0.15) is 23.1 Å². The van der Waals surface area contributed by atoms with Crippen LogP contribution >= 0.6 is 11.6 Å². The first kappa shape index (κ1) is 29.2. The maximum atomic E-state index is 13.5. The molecule has 2 aromatic heterocycles. The summed E-state index contributed by atoms with van der Waals surface area (Å²) in [7, 11) is 0. The highest BCUT2D eigenvalue weighted by Crippen LogP contribution is 2.32. The Hall–Kier alpha value is -4.51. The van der Waals surface area contributed by atoms with Gasteiger partial charge in [0.25, 0.3) is 0 Å². The molecule has 9 nitrogen and oxygen atoms in total. The van der Waals surface area contributed by atoms with Crippen molar-refractivity contribution in [3.8, 4) is 11.4 Å². The van der Waals surface area contributed by atoms with Gasteiger partial charge < -0.3 is 24.2 Å². The second-order valence-corrected chi connectivity index (χ2v) is 11.4. The van der Waals surface area contributed by atoms with E-state index in [0.29, 0.717) is 23.2 Å². The molecule has 5 aromatic rings. The van der Waals surface area contributed by atoms with E-state index in [4.69, 9.17) is 25.9 Å². The first-order chi connectivity index (χ1) is 22.1. The number of halogens is 2. The Morgan fingerprint density at radius 1 is 1.00 bits per heavy atom. The van der Waals surface area contributed by atoms with Gasteiger partial charge in [-0.15, -0.1) is 0 Å². The van der Waals surface area contributed by atoms with Crippen LogP contribution in [0.4, 0.5) is 15.9 Å². The van der Waals surface area contributed by atoms with E-state index in [1.165, 1.54) is 24.0 Å². The number of oxime groups is 1. The van der Waals surface area contributed by atoms with Crippen molar-refractivity contribution in [1.29, 1.82) is 0 Å². The largest absolute Gasteiger partial charge is 0.487 e. The van der Waals surface area contributed by atoms with Gasteiger partial charge in [-0.3, -0.25) is 4.90 Å². The highest BCUT2D eigenvalue weighted by atomic mass is 35.5. The topological polar surface area (TPSA) is 86.0 Å². The Kier molecular flexibility index (Phi) is 8.59. The first-order valence-corrected chi connectivity index (χ1v) is 15.4. The van der Waals surface area contributed by atoms with Crippen molar-refractivity contribution in [1.82, 2.24) is 19.4 Å². The Bertz CT molecular complexity index is 1860. The molecule has 0 amide bonds. The Morgan fingerprint density at radius 3 is 2.78 bits per heavy atom. The van der Waals surface area contributed by atoms with Crippen molar-refractivity contribution in [2.75, 3.05) is 44.8 Å². The maximum absolute atomic E-state index is 13.5. The highest BCUT2D eigenvalue weighted by Gasteiger charge is 2.22. The fraction of sp³-hybridized carbons (Fsp3) is 0.265. The smallest absolute Gasteiger partial charge is 0.141 e. The number of anilines is 2. The number of ether oxygens (including phenoxy) is 2. The van der Waals surface area contributed by atoms with Gasteiger partial charge >= 0.3 is 0 Å². The Morgan fingerprint density at radius 2 is 1.91 bits per heavy atom. The van der Waals surface area contributed by atoms with Crippen molar-refractivity contribution in [2.45, 2.75) is 19.4 Å². The van der Waals surface area contributed by atoms with Gasteiger partial charge in [-0.25, -0.2) is 14.4 Å². The molecule has 11 heteroatoms. The average Bonchev–Trinajstić information content (AvgIpc) is 3.65. The van der Waals surface area contributed by atoms with E-state index in [2.05, 4.69) is 48.4 Å². The SMILES string of the molecule is Fc1cccc(COc2ccc(Nc3ncnc4ccc(-n5cc6c(c5)/C(=N/OCCN5CCOCC5)CC6)cc34)cc2Cl)c1. The van der Waals surface area contributed by atoms with Crippen LogP contribution in [0.2, 0.25) is 5.02 Å². The second-order valence-electron chi connectivity index (χ2n) is 11.0. The number of benzene rings is 3. The lowest BCUT2D eigenvalue weighted by Crippen LogP contribution is -2.38. The molecule has 0 saturated carbocycles. The van der Waals surface area contributed by atoms with Crippen LogP contribution in [0.5, 0.6) is 5.75 Å². The highest BCUT2D eigenvalue weighted by molar-refractivity contribution is 6.32. The standard InChI is InChI=1S/C34H32ClFN6O3/c35-30-17-26(5-9-33(30)44-21-23-2-1-3-25(36)16-23)39-34-28-18-27(6-8-31(28)37-22-38-34)42-19-24-4-7-32(29(24)20-42)40-45-15-12-41-10-13-43-14-11-41/h1-3,5-6,8-9,16-20,22H,4,7,10-15,21H2,(H,37,38,39)/b40-32+. The number of nitrogens with one attached hydrogen (secondary N) is 1. The first-order valence-electron chi connectivity index (χ1n) is 15.0. The van der Waals surface area contributed by atoms with E-state index in [1.807, 2.05) is 18.2 Å². The third kappa shape index (κ3) is 6.78. The molecular weight excluding hydrogens is 595 g/mol. The zero-order valence-corrected chi connectivity index (χ0v) is 25.3. The van der Waals surface area contributed by atoms with E-state index >= 15 is 0 Å². The fourth-order valence-corrected chi connectivity index (χ4v) is 5.87. The number of morpholine rings is 1. The number of hydrogen-bond acceptors (Lipinski definition) is 8. The quantitative estimate of drug-likeness (QED) is 0.139. The minimum Gasteiger partial charge on any atom is -0.487 e. The minimum atomic E-state index is -0.304. The maximum Gasteiger partial charge on any atom is 0.141 e. The van der Waals surface area contributed by atoms with Gasteiger partial charge in [0, 0.05) is 54.4 Å². The van der Waals surface area contributed by atoms with Crippen LogP contribution in [-0.2, 0) is 22.6 Å². The van der Waals surface area contributed by atoms with Crippen molar-refractivity contribution < 1.29 is 18.7 Å². The molecule has 0 spiro atoms. The molecule has 2 aliphatic rings. The van der Waals surface area contributed by atoms with Crippen molar-refractivity contribution in [3.63, 3.8) is 0 Å². The molecule has 7 rings (SSSR count). The number of aryl methyl sites for hydroxylation is 1. The summed E-state index contributed by atoms with van der Waals surface area (Å²) in [5, 5.41) is 9.17. The van der Waals surface area contributed by atoms with E-state index < -0.39 is 0 Å². The van der Waals surface area contributed by atoms with E-state index in [9.17, 15) is 4.39 Å². The summed E-state index contributed by atoms with van der Waals surface area (Å²) >= 11 is 6.54. The van der Waals surface area contributed by atoms with E-state index in [1.54, 1.807) is 24.3 Å². The van der Waals surface area contributed by atoms with Gasteiger partial charge in [-0.2, -0.15) is 0 Å². The average molecular weight is 627 g/mol. The lowest BCUT2D eigenvalue weighted by atomic mass is 10.2. The lowest BCUT2D eigenvalue weighted by Gasteiger charge is -2.25. The lowest BCUT2D eigenvalue weighted by molar-refractivity contribution is 0.0212. The second kappa shape index (κ2) is 13.2. The van der Waals surface area contributed by atoms with Crippen LogP contribution in [0.25, 0.3) is 16.6 Å². The number of fused-ring (bicyclic) bond motifs is 2. The summed E-state index contributed by atoms with van der Waals surface area (Å²) in [6.45, 7) is 5.06. The summed E-state index contributed by atoms with van der Waals surface area (Å²) < 4.78 is 26.9. The molecule has 45 heavy (non-hydrogen) atoms. The van der Waals surface area contributed by atoms with Gasteiger partial charge in [-0.05, 0) is 72.5 Å².